The molecule has 1 aromatic rings. The fraction of sp³-hybridized carbons (Fsp3) is 0.273. The molecule has 84 valence electrons. The lowest BCUT2D eigenvalue weighted by Gasteiger charge is -2.21. The van der Waals surface area contributed by atoms with Crippen molar-refractivity contribution in [2.24, 2.45) is 10.8 Å². The van der Waals surface area contributed by atoms with Gasteiger partial charge in [-0.05, 0) is 36.8 Å². The molecule has 1 atom stereocenters. The molecule has 1 aliphatic heterocycles. The van der Waals surface area contributed by atoms with Crippen LogP contribution >= 0.6 is 12.2 Å². The van der Waals surface area contributed by atoms with Gasteiger partial charge in [0.2, 0.25) is 0 Å². The van der Waals surface area contributed by atoms with Crippen LogP contribution < -0.4 is 5.73 Å². The Labute approximate surface area is 99.4 Å². The van der Waals surface area contributed by atoms with Crippen LogP contribution in [0.3, 0.4) is 0 Å². The molecule has 1 aromatic carbocycles. The van der Waals surface area contributed by atoms with Gasteiger partial charge >= 0.3 is 0 Å². The zero-order valence-corrected chi connectivity index (χ0v) is 9.74. The highest BCUT2D eigenvalue weighted by Crippen LogP contribution is 2.30. The Kier molecular flexibility index (Phi) is 2.78. The summed E-state index contributed by atoms with van der Waals surface area (Å²) < 4.78 is 0. The van der Waals surface area contributed by atoms with E-state index in [4.69, 9.17) is 18.0 Å². The Balaban J connectivity index is 2.28. The third kappa shape index (κ3) is 1.99. The second-order valence-corrected chi connectivity index (χ2v) is 4.25. The number of phenols is 1. The molecule has 0 aliphatic carbocycles. The molecule has 2 rings (SSSR count). The second-order valence-electron chi connectivity index (χ2n) is 3.83. The van der Waals surface area contributed by atoms with Gasteiger partial charge in [-0.3, -0.25) is 0 Å². The fourth-order valence-corrected chi connectivity index (χ4v) is 1.99. The first kappa shape index (κ1) is 10.9. The Hall–Kier alpha value is -1.62. The summed E-state index contributed by atoms with van der Waals surface area (Å²) in [7, 11) is 0. The summed E-state index contributed by atoms with van der Waals surface area (Å²) in [5, 5.41) is 15.4. The third-order valence-corrected chi connectivity index (χ3v) is 2.75. The number of phenolic OH excluding ortho intramolecular Hbond substituents is 1. The number of benzene rings is 1. The number of rotatable bonds is 1. The highest BCUT2D eigenvalue weighted by molar-refractivity contribution is 7.80. The average molecular weight is 235 g/mol. The molecule has 16 heavy (non-hydrogen) atoms. The molecule has 0 spiro atoms. The molecular weight excluding hydrogens is 222 g/mol. The minimum Gasteiger partial charge on any atom is -0.508 e. The van der Waals surface area contributed by atoms with E-state index in [-0.39, 0.29) is 16.9 Å². The predicted molar refractivity (Wildman–Crippen MR) is 67.2 cm³/mol. The Morgan fingerprint density at radius 1 is 1.50 bits per heavy atom. The summed E-state index contributed by atoms with van der Waals surface area (Å²) in [6.45, 7) is 1.95. The average Bonchev–Trinajstić information content (AvgIpc) is 2.61. The smallest absolute Gasteiger partial charge is 0.187 e. The van der Waals surface area contributed by atoms with Crippen molar-refractivity contribution in [3.05, 3.63) is 29.8 Å². The number of nitrogens with two attached hydrogens (primary N) is 1. The van der Waals surface area contributed by atoms with Gasteiger partial charge < -0.3 is 10.8 Å². The van der Waals surface area contributed by atoms with Gasteiger partial charge in [-0.25, -0.2) is 5.01 Å². The number of thiocarbonyl (C=S) groups is 1. The lowest BCUT2D eigenvalue weighted by atomic mass is 10.0. The quantitative estimate of drug-likeness (QED) is 0.728. The van der Waals surface area contributed by atoms with Crippen LogP contribution in [-0.4, -0.2) is 20.9 Å². The molecule has 0 radical (unpaired) electrons. The van der Waals surface area contributed by atoms with E-state index in [0.717, 1.165) is 17.7 Å². The normalized spacial score (nSPS) is 19.7. The zero-order chi connectivity index (χ0) is 11.7. The maximum atomic E-state index is 9.23. The first-order valence-corrected chi connectivity index (χ1v) is 5.40. The fourth-order valence-electron chi connectivity index (χ4n) is 1.82. The van der Waals surface area contributed by atoms with Crippen LogP contribution in [0.4, 0.5) is 0 Å². The second kappa shape index (κ2) is 4.09. The molecule has 5 heteroatoms. The van der Waals surface area contributed by atoms with Crippen LogP contribution in [0.2, 0.25) is 0 Å². The lowest BCUT2D eigenvalue weighted by Crippen LogP contribution is -2.31. The maximum Gasteiger partial charge on any atom is 0.187 e. The largest absolute Gasteiger partial charge is 0.508 e. The van der Waals surface area contributed by atoms with E-state index in [1.165, 1.54) is 0 Å². The van der Waals surface area contributed by atoms with E-state index in [2.05, 4.69) is 5.10 Å². The van der Waals surface area contributed by atoms with Crippen LogP contribution in [-0.2, 0) is 0 Å². The molecule has 0 saturated carbocycles. The van der Waals surface area contributed by atoms with Crippen LogP contribution in [0.5, 0.6) is 5.75 Å². The standard InChI is InChI=1S/C11H13N3OS/c1-7-6-10(14(13-7)11(12)16)8-2-4-9(15)5-3-8/h2-5,10,15H,6H2,1H3,(H2,12,16). The number of hydrogen-bond acceptors (Lipinski definition) is 3. The third-order valence-electron chi connectivity index (χ3n) is 2.57. The number of aromatic hydroxyl groups is 1. The summed E-state index contributed by atoms with van der Waals surface area (Å²) in [4.78, 5) is 0. The van der Waals surface area contributed by atoms with Crippen molar-refractivity contribution >= 4 is 23.0 Å². The monoisotopic (exact) mass is 235 g/mol. The molecule has 4 nitrogen and oxygen atoms in total. The topological polar surface area (TPSA) is 61.8 Å². The summed E-state index contributed by atoms with van der Waals surface area (Å²) in [6.07, 6.45) is 0.808. The Bertz CT molecular complexity index is 441. The van der Waals surface area contributed by atoms with Crippen molar-refractivity contribution in [1.82, 2.24) is 5.01 Å². The highest BCUT2D eigenvalue weighted by Gasteiger charge is 2.27. The van der Waals surface area contributed by atoms with Gasteiger partial charge in [-0.15, -0.1) is 0 Å². The van der Waals surface area contributed by atoms with Crippen LogP contribution in [0.15, 0.2) is 29.4 Å². The van der Waals surface area contributed by atoms with Gasteiger partial charge in [-0.1, -0.05) is 12.1 Å². The Morgan fingerprint density at radius 3 is 2.69 bits per heavy atom. The van der Waals surface area contributed by atoms with Gasteiger partial charge in [0.05, 0.1) is 6.04 Å². The van der Waals surface area contributed by atoms with Gasteiger partial charge in [0.1, 0.15) is 5.75 Å². The molecule has 1 heterocycles. The molecule has 0 amide bonds. The van der Waals surface area contributed by atoms with Gasteiger partial charge in [0.15, 0.2) is 5.11 Å². The zero-order valence-electron chi connectivity index (χ0n) is 8.92. The van der Waals surface area contributed by atoms with Gasteiger partial charge in [0, 0.05) is 12.1 Å². The molecule has 3 N–H and O–H groups in total. The van der Waals surface area contributed by atoms with Crippen molar-refractivity contribution in [3.63, 3.8) is 0 Å². The molecule has 1 unspecified atom stereocenters. The maximum absolute atomic E-state index is 9.23. The van der Waals surface area contributed by atoms with E-state index in [9.17, 15) is 5.11 Å². The lowest BCUT2D eigenvalue weighted by molar-refractivity contribution is 0.372. The van der Waals surface area contributed by atoms with Crippen molar-refractivity contribution in [3.8, 4) is 5.75 Å². The van der Waals surface area contributed by atoms with E-state index >= 15 is 0 Å². The van der Waals surface area contributed by atoms with Crippen molar-refractivity contribution in [1.29, 1.82) is 0 Å². The highest BCUT2D eigenvalue weighted by atomic mass is 32.1. The molecule has 0 fully saturated rings. The van der Waals surface area contributed by atoms with Crippen molar-refractivity contribution < 1.29 is 5.11 Å². The van der Waals surface area contributed by atoms with Crippen LogP contribution in [0, 0.1) is 0 Å². The van der Waals surface area contributed by atoms with Crippen LogP contribution in [0.25, 0.3) is 0 Å². The number of hydrogen-bond donors (Lipinski definition) is 2. The minimum absolute atomic E-state index is 0.0538. The molecule has 1 aliphatic rings. The number of nitrogens with zero attached hydrogens (tertiary/aromatic N) is 2. The van der Waals surface area contributed by atoms with E-state index in [1.807, 2.05) is 19.1 Å². The van der Waals surface area contributed by atoms with E-state index in [0.29, 0.717) is 0 Å². The first-order valence-electron chi connectivity index (χ1n) is 4.99. The minimum atomic E-state index is 0.0538. The summed E-state index contributed by atoms with van der Waals surface area (Å²) in [5.41, 5.74) is 7.67. The van der Waals surface area contributed by atoms with E-state index < -0.39 is 0 Å². The van der Waals surface area contributed by atoms with Crippen LogP contribution in [0.1, 0.15) is 24.9 Å². The van der Waals surface area contributed by atoms with Crippen molar-refractivity contribution in [2.45, 2.75) is 19.4 Å². The SMILES string of the molecule is CC1=NN(C(N)=S)C(c2ccc(O)cc2)C1. The van der Waals surface area contributed by atoms with E-state index in [1.54, 1.807) is 17.1 Å². The summed E-state index contributed by atoms with van der Waals surface area (Å²) in [5.74, 6) is 0.251. The molecule has 0 bridgehead atoms. The summed E-state index contributed by atoms with van der Waals surface area (Å²) in [6, 6.07) is 7.08. The number of hydrazone groups is 1. The van der Waals surface area contributed by atoms with Gasteiger partial charge in [-0.2, -0.15) is 5.10 Å². The molecular formula is C11H13N3OS. The summed E-state index contributed by atoms with van der Waals surface area (Å²) >= 11 is 4.96. The Morgan fingerprint density at radius 2 is 2.12 bits per heavy atom. The van der Waals surface area contributed by atoms with Gasteiger partial charge in [0.25, 0.3) is 0 Å². The molecule has 0 aromatic heterocycles. The van der Waals surface area contributed by atoms with Crippen molar-refractivity contribution in [2.75, 3.05) is 0 Å². The first-order chi connectivity index (χ1) is 7.58. The predicted octanol–water partition coefficient (Wildman–Crippen LogP) is 1.76. The molecule has 0 saturated heterocycles.